The molecule has 0 aliphatic carbocycles. The molecule has 0 saturated heterocycles. The highest BCUT2D eigenvalue weighted by molar-refractivity contribution is 7.12. The van der Waals surface area contributed by atoms with Crippen molar-refractivity contribution >= 4 is 28.3 Å². The van der Waals surface area contributed by atoms with Crippen LogP contribution in [-0.2, 0) is 6.18 Å². The van der Waals surface area contributed by atoms with Crippen LogP contribution in [0.15, 0.2) is 69.2 Å². The number of halogens is 3. The molecule has 0 saturated carbocycles. The number of carbonyl (C=O) groups is 1. The molecule has 0 spiro atoms. The van der Waals surface area contributed by atoms with Gasteiger partial charge in [-0.05, 0) is 47.8 Å². The van der Waals surface area contributed by atoms with Gasteiger partial charge in [-0.2, -0.15) is 13.2 Å². The normalized spacial score (nSPS) is 11.4. The first-order chi connectivity index (χ1) is 15.3. The lowest BCUT2D eigenvalue weighted by molar-refractivity contribution is -0.154. The van der Waals surface area contributed by atoms with Crippen LogP contribution in [0.1, 0.15) is 15.4 Å². The Labute approximate surface area is 182 Å². The second kappa shape index (κ2) is 8.39. The summed E-state index contributed by atoms with van der Waals surface area (Å²) < 4.78 is 61.4. The third-order valence-electron chi connectivity index (χ3n) is 4.29. The second-order valence-electron chi connectivity index (χ2n) is 6.39. The van der Waals surface area contributed by atoms with Crippen molar-refractivity contribution in [3.8, 4) is 23.0 Å². The molecule has 2 aromatic carbocycles. The molecule has 0 bridgehead atoms. The fourth-order valence-corrected chi connectivity index (χ4v) is 3.41. The largest absolute Gasteiger partial charge is 0.497 e. The minimum atomic E-state index is -5.02. The molecule has 0 radical (unpaired) electrons. The molecule has 0 aliphatic heterocycles. The van der Waals surface area contributed by atoms with Gasteiger partial charge in [0.05, 0.1) is 12.5 Å². The molecule has 0 N–H and O–H groups in total. The summed E-state index contributed by atoms with van der Waals surface area (Å²) in [5.41, 5.74) is -1.42. The summed E-state index contributed by atoms with van der Waals surface area (Å²) in [6, 6.07) is 12.4. The molecule has 2 heterocycles. The van der Waals surface area contributed by atoms with Crippen molar-refractivity contribution in [1.82, 2.24) is 0 Å². The van der Waals surface area contributed by atoms with Crippen LogP contribution in [0.3, 0.4) is 0 Å². The number of esters is 1. The average molecular weight is 462 g/mol. The van der Waals surface area contributed by atoms with E-state index < -0.39 is 34.7 Å². The maximum Gasteiger partial charge on any atom is 0.453 e. The van der Waals surface area contributed by atoms with Gasteiger partial charge in [0.2, 0.25) is 11.2 Å². The molecule has 6 nitrogen and oxygen atoms in total. The fraction of sp³-hybridized carbons (Fsp3) is 0.0909. The first-order valence-electron chi connectivity index (χ1n) is 9.02. The molecule has 4 rings (SSSR count). The number of ether oxygens (including phenoxy) is 3. The average Bonchev–Trinajstić information content (AvgIpc) is 3.30. The lowest BCUT2D eigenvalue weighted by Crippen LogP contribution is -2.15. The molecule has 0 unspecified atom stereocenters. The molecular formula is C22H13F3O6S. The van der Waals surface area contributed by atoms with Crippen molar-refractivity contribution in [1.29, 1.82) is 0 Å². The van der Waals surface area contributed by atoms with E-state index in [4.69, 9.17) is 18.6 Å². The monoisotopic (exact) mass is 462 g/mol. The molecule has 4 aromatic rings. The van der Waals surface area contributed by atoms with Gasteiger partial charge in [0.15, 0.2) is 0 Å². The van der Waals surface area contributed by atoms with E-state index in [-0.39, 0.29) is 16.9 Å². The Morgan fingerprint density at radius 3 is 2.31 bits per heavy atom. The zero-order chi connectivity index (χ0) is 22.9. The van der Waals surface area contributed by atoms with Crippen molar-refractivity contribution in [3.63, 3.8) is 0 Å². The summed E-state index contributed by atoms with van der Waals surface area (Å²) in [4.78, 5) is 25.2. The van der Waals surface area contributed by atoms with Crippen LogP contribution in [0.25, 0.3) is 11.0 Å². The van der Waals surface area contributed by atoms with E-state index in [2.05, 4.69) is 0 Å². The summed E-state index contributed by atoms with van der Waals surface area (Å²) in [5, 5.41) is 1.51. The molecule has 164 valence electrons. The summed E-state index contributed by atoms with van der Waals surface area (Å²) in [6.45, 7) is 0. The Morgan fingerprint density at radius 1 is 1.00 bits per heavy atom. The number of alkyl halides is 3. The van der Waals surface area contributed by atoms with Crippen LogP contribution >= 0.6 is 11.3 Å². The van der Waals surface area contributed by atoms with E-state index in [0.29, 0.717) is 10.6 Å². The Bertz CT molecular complexity index is 1330. The van der Waals surface area contributed by atoms with E-state index in [1.165, 1.54) is 43.5 Å². The van der Waals surface area contributed by atoms with Gasteiger partial charge >= 0.3 is 12.1 Å². The highest BCUT2D eigenvalue weighted by atomic mass is 32.1. The topological polar surface area (TPSA) is 75.0 Å². The van der Waals surface area contributed by atoms with Gasteiger partial charge in [-0.3, -0.25) is 4.79 Å². The van der Waals surface area contributed by atoms with Crippen LogP contribution in [0.2, 0.25) is 0 Å². The van der Waals surface area contributed by atoms with E-state index >= 15 is 0 Å². The quantitative estimate of drug-likeness (QED) is 0.272. The molecular weight excluding hydrogens is 449 g/mol. The molecule has 2 aromatic heterocycles. The fourth-order valence-electron chi connectivity index (χ4n) is 2.81. The van der Waals surface area contributed by atoms with Gasteiger partial charge in [0.25, 0.3) is 5.76 Å². The Kier molecular flexibility index (Phi) is 5.62. The van der Waals surface area contributed by atoms with Gasteiger partial charge in [-0.15, -0.1) is 11.3 Å². The number of methoxy groups -OCH3 is 1. The minimum absolute atomic E-state index is 0.00977. The number of hydrogen-bond donors (Lipinski definition) is 0. The van der Waals surface area contributed by atoms with E-state index in [0.717, 1.165) is 17.4 Å². The molecule has 0 fully saturated rings. The number of fused-ring (bicyclic) bond motifs is 1. The zero-order valence-electron chi connectivity index (χ0n) is 16.3. The predicted molar refractivity (Wildman–Crippen MR) is 110 cm³/mol. The van der Waals surface area contributed by atoms with Crippen molar-refractivity contribution in [2.75, 3.05) is 7.11 Å². The number of carbonyl (C=O) groups excluding carboxylic acids is 1. The molecule has 0 aliphatic rings. The summed E-state index contributed by atoms with van der Waals surface area (Å²) in [6.07, 6.45) is -5.02. The van der Waals surface area contributed by atoms with Crippen molar-refractivity contribution in [3.05, 3.63) is 80.8 Å². The van der Waals surface area contributed by atoms with Gasteiger partial charge < -0.3 is 18.6 Å². The SMILES string of the molecule is COc1ccc(Oc2c(C(F)(F)F)oc3cc(OC(=O)c4cccs4)ccc3c2=O)cc1. The Balaban J connectivity index is 1.76. The van der Waals surface area contributed by atoms with E-state index in [1.807, 2.05) is 0 Å². The first-order valence-corrected chi connectivity index (χ1v) is 9.90. The standard InChI is InChI=1S/C22H13F3O6S/c1-28-12-4-6-13(7-5-12)29-19-18(26)15-9-8-14(30-21(27)17-3-2-10-32-17)11-16(15)31-20(19)22(23,24)25/h2-11H,1H3. The van der Waals surface area contributed by atoms with Crippen LogP contribution in [-0.4, -0.2) is 13.1 Å². The van der Waals surface area contributed by atoms with Crippen LogP contribution < -0.4 is 19.6 Å². The number of hydrogen-bond acceptors (Lipinski definition) is 7. The first kappa shape index (κ1) is 21.4. The van der Waals surface area contributed by atoms with Gasteiger partial charge in [-0.1, -0.05) is 6.07 Å². The number of benzene rings is 2. The maximum atomic E-state index is 13.7. The lowest BCUT2D eigenvalue weighted by atomic mass is 10.2. The van der Waals surface area contributed by atoms with Crippen LogP contribution in [0.4, 0.5) is 13.2 Å². The molecule has 10 heteroatoms. The van der Waals surface area contributed by atoms with Crippen LogP contribution in [0, 0.1) is 0 Å². The second-order valence-corrected chi connectivity index (χ2v) is 7.34. The van der Waals surface area contributed by atoms with Gasteiger partial charge in [-0.25, -0.2) is 4.79 Å². The third kappa shape index (κ3) is 4.30. The van der Waals surface area contributed by atoms with E-state index in [9.17, 15) is 22.8 Å². The van der Waals surface area contributed by atoms with E-state index in [1.54, 1.807) is 17.5 Å². The summed E-state index contributed by atoms with van der Waals surface area (Å²) >= 11 is 1.15. The minimum Gasteiger partial charge on any atom is -0.497 e. The zero-order valence-corrected chi connectivity index (χ0v) is 17.1. The summed E-state index contributed by atoms with van der Waals surface area (Å²) in [7, 11) is 1.43. The predicted octanol–water partition coefficient (Wildman–Crippen LogP) is 5.89. The van der Waals surface area contributed by atoms with Crippen molar-refractivity contribution in [2.45, 2.75) is 6.18 Å². The van der Waals surface area contributed by atoms with Gasteiger partial charge in [0.1, 0.15) is 27.7 Å². The number of thiophene rings is 1. The Hall–Kier alpha value is -3.79. The van der Waals surface area contributed by atoms with Gasteiger partial charge in [0, 0.05) is 6.07 Å². The molecule has 0 amide bonds. The maximum absolute atomic E-state index is 13.7. The summed E-state index contributed by atoms with van der Waals surface area (Å²) in [5.74, 6) is -2.91. The highest BCUT2D eigenvalue weighted by Gasteiger charge is 2.40. The van der Waals surface area contributed by atoms with Crippen LogP contribution in [0.5, 0.6) is 23.0 Å². The smallest absolute Gasteiger partial charge is 0.453 e. The molecule has 0 atom stereocenters. The lowest BCUT2D eigenvalue weighted by Gasteiger charge is -2.13. The Morgan fingerprint density at radius 2 is 1.69 bits per heavy atom. The van der Waals surface area contributed by atoms with Crippen molar-refractivity contribution < 1.29 is 36.6 Å². The van der Waals surface area contributed by atoms with Crippen molar-refractivity contribution in [2.24, 2.45) is 0 Å². The highest BCUT2D eigenvalue weighted by Crippen LogP contribution is 2.39. The molecule has 32 heavy (non-hydrogen) atoms. The number of rotatable bonds is 5. The third-order valence-corrected chi connectivity index (χ3v) is 5.14.